The number of nitrogens with zero attached hydrogens (tertiary/aromatic N) is 2. The van der Waals surface area contributed by atoms with Crippen LogP contribution < -0.4 is 0 Å². The largest absolute Gasteiger partial charge is 0.508 e. The molecule has 6 unspecified atom stereocenters. The molecule has 0 spiro atoms. The molecule has 258 valence electrons. The Kier molecular flexibility index (Phi) is 15.9. The lowest BCUT2D eigenvalue weighted by atomic mass is 9.95. The van der Waals surface area contributed by atoms with Crippen molar-refractivity contribution >= 4 is 11.9 Å². The predicted molar refractivity (Wildman–Crippen MR) is 172 cm³/mol. The number of aromatic hydroxyl groups is 2. The number of piperidine rings is 2. The van der Waals surface area contributed by atoms with Crippen LogP contribution in [0.15, 0.2) is 48.5 Å². The van der Waals surface area contributed by atoms with Gasteiger partial charge >= 0.3 is 11.9 Å². The molecule has 0 saturated carbocycles. The molecular weight excluding hydrogens is 596 g/mol. The monoisotopic (exact) mass is 648 g/mol. The molecule has 12 heteroatoms. The average molecular weight is 649 g/mol. The van der Waals surface area contributed by atoms with Gasteiger partial charge in [0.1, 0.15) is 11.5 Å². The number of benzene rings is 2. The van der Waals surface area contributed by atoms with Crippen LogP contribution in [-0.2, 0) is 9.59 Å². The molecule has 0 bridgehead atoms. The lowest BCUT2D eigenvalue weighted by Gasteiger charge is -2.37. The van der Waals surface area contributed by atoms with Crippen molar-refractivity contribution in [3.63, 3.8) is 0 Å². The first-order chi connectivity index (χ1) is 21.6. The maximum atomic E-state index is 10.4. The number of carboxylic acid groups (broad SMARTS) is 2. The summed E-state index contributed by atoms with van der Waals surface area (Å²) in [7, 11) is 0. The van der Waals surface area contributed by atoms with Gasteiger partial charge in [0.25, 0.3) is 0 Å². The van der Waals surface area contributed by atoms with Crippen LogP contribution in [0, 0.1) is 11.8 Å². The zero-order chi connectivity index (χ0) is 34.6. The summed E-state index contributed by atoms with van der Waals surface area (Å²) in [6.07, 6.45) is -0.647. The standard InChI is InChI=1S/2C15H23NO2.C4H6O6/c2*1-11-7-9-16(10-8-11)12(2)15(18)13-3-5-14(17)6-4-13;5-1(3(7)8)2(6)4(9)10/h2*3-6,11-12,15,17-18H,7-10H2,1-2H3;1-2,5-6H,(H,7,8)(H,9,10). The quantitative estimate of drug-likeness (QED) is 0.198. The summed E-state index contributed by atoms with van der Waals surface area (Å²) in [5.74, 6) is -1.45. The molecule has 2 saturated heterocycles. The van der Waals surface area contributed by atoms with Crippen LogP contribution in [-0.4, -0.2) is 113 Å². The van der Waals surface area contributed by atoms with Gasteiger partial charge in [-0.1, -0.05) is 38.1 Å². The van der Waals surface area contributed by atoms with Crippen LogP contribution in [0.1, 0.15) is 76.7 Å². The summed E-state index contributed by atoms with van der Waals surface area (Å²) in [5, 5.41) is 71.8. The number of rotatable bonds is 9. The number of hydrogen-bond donors (Lipinski definition) is 8. The van der Waals surface area contributed by atoms with E-state index in [9.17, 15) is 30.0 Å². The molecule has 4 rings (SSSR count). The molecule has 0 aromatic heterocycles. The van der Waals surface area contributed by atoms with Crippen molar-refractivity contribution in [1.29, 1.82) is 0 Å². The van der Waals surface area contributed by atoms with Gasteiger partial charge in [0.15, 0.2) is 12.2 Å². The number of aliphatic carboxylic acids is 2. The number of phenols is 2. The van der Waals surface area contributed by atoms with E-state index >= 15 is 0 Å². The minimum absolute atomic E-state index is 0.127. The second-order valence-corrected chi connectivity index (χ2v) is 12.6. The molecule has 6 atom stereocenters. The lowest BCUT2D eigenvalue weighted by Crippen LogP contribution is -2.42. The Labute approximate surface area is 271 Å². The van der Waals surface area contributed by atoms with E-state index < -0.39 is 36.4 Å². The Morgan fingerprint density at radius 2 is 0.848 bits per heavy atom. The summed E-state index contributed by atoms with van der Waals surface area (Å²) in [4.78, 5) is 24.3. The third kappa shape index (κ3) is 12.2. The van der Waals surface area contributed by atoms with E-state index in [0.717, 1.165) is 49.1 Å². The van der Waals surface area contributed by atoms with Crippen molar-refractivity contribution < 1.29 is 50.4 Å². The summed E-state index contributed by atoms with van der Waals surface area (Å²) in [6.45, 7) is 13.0. The molecular formula is C34H52N2O10. The highest BCUT2D eigenvalue weighted by Crippen LogP contribution is 2.28. The molecule has 2 aliphatic heterocycles. The van der Waals surface area contributed by atoms with Gasteiger partial charge < -0.3 is 40.9 Å². The van der Waals surface area contributed by atoms with Crippen molar-refractivity contribution in [2.24, 2.45) is 11.8 Å². The van der Waals surface area contributed by atoms with E-state index in [0.29, 0.717) is 0 Å². The molecule has 0 aliphatic carbocycles. The van der Waals surface area contributed by atoms with Crippen molar-refractivity contribution in [2.75, 3.05) is 26.2 Å². The van der Waals surface area contributed by atoms with Crippen LogP contribution in [0.3, 0.4) is 0 Å². The van der Waals surface area contributed by atoms with Crippen molar-refractivity contribution in [1.82, 2.24) is 9.80 Å². The molecule has 0 radical (unpaired) electrons. The summed E-state index contributed by atoms with van der Waals surface area (Å²) in [5.41, 5.74) is 1.75. The van der Waals surface area contributed by atoms with Gasteiger partial charge in [-0.2, -0.15) is 0 Å². The minimum Gasteiger partial charge on any atom is -0.508 e. The van der Waals surface area contributed by atoms with E-state index in [1.54, 1.807) is 48.5 Å². The van der Waals surface area contributed by atoms with Crippen LogP contribution in [0.4, 0.5) is 0 Å². The molecule has 46 heavy (non-hydrogen) atoms. The van der Waals surface area contributed by atoms with E-state index in [4.69, 9.17) is 20.4 Å². The molecule has 2 fully saturated rings. The van der Waals surface area contributed by atoms with E-state index in [1.165, 1.54) is 25.7 Å². The number of carbonyl (C=O) groups is 2. The summed E-state index contributed by atoms with van der Waals surface area (Å²) in [6, 6.07) is 13.9. The third-order valence-electron chi connectivity index (χ3n) is 8.98. The number of hydrogen-bond acceptors (Lipinski definition) is 10. The Bertz CT molecular complexity index is 1090. The highest BCUT2D eigenvalue weighted by molar-refractivity contribution is 5.83. The van der Waals surface area contributed by atoms with Crippen molar-refractivity contribution in [2.45, 2.75) is 89.9 Å². The van der Waals surface area contributed by atoms with Gasteiger partial charge in [-0.3, -0.25) is 9.80 Å². The molecule has 0 amide bonds. The fourth-order valence-electron chi connectivity index (χ4n) is 5.44. The molecule has 2 aromatic carbocycles. The first kappa shape index (κ1) is 38.9. The van der Waals surface area contributed by atoms with E-state index in [1.807, 2.05) is 0 Å². The number of phenolic OH excluding ortho intramolecular Hbond substituents is 2. The Balaban J connectivity index is 0.000000252. The van der Waals surface area contributed by atoms with Crippen molar-refractivity contribution in [3.8, 4) is 11.5 Å². The number of likely N-dealkylation sites (tertiary alicyclic amines) is 2. The Morgan fingerprint density at radius 3 is 1.09 bits per heavy atom. The molecule has 8 N–H and O–H groups in total. The SMILES string of the molecule is CC1CCN(C(C)C(O)c2ccc(O)cc2)CC1.CC1CCN(C(C)C(O)c2ccc(O)cc2)CC1.O=C(O)C(O)C(O)C(=O)O. The fraction of sp³-hybridized carbons (Fsp3) is 0.588. The third-order valence-corrected chi connectivity index (χ3v) is 8.98. The fourth-order valence-corrected chi connectivity index (χ4v) is 5.44. The summed E-state index contributed by atoms with van der Waals surface area (Å²) < 4.78 is 0. The molecule has 2 aliphatic rings. The van der Waals surface area contributed by atoms with Gasteiger partial charge in [-0.05, 0) is 113 Å². The average Bonchev–Trinajstić information content (AvgIpc) is 3.04. The van der Waals surface area contributed by atoms with E-state index in [-0.39, 0.29) is 23.6 Å². The van der Waals surface area contributed by atoms with Gasteiger partial charge in [0.05, 0.1) is 12.2 Å². The molecule has 12 nitrogen and oxygen atoms in total. The maximum absolute atomic E-state index is 10.4. The lowest BCUT2D eigenvalue weighted by molar-refractivity contribution is -0.165. The Hall–Kier alpha value is -3.26. The highest BCUT2D eigenvalue weighted by Gasteiger charge is 2.30. The van der Waals surface area contributed by atoms with Crippen LogP contribution in [0.25, 0.3) is 0 Å². The smallest absolute Gasteiger partial charge is 0.335 e. The first-order valence-corrected chi connectivity index (χ1v) is 15.9. The zero-order valence-electron chi connectivity index (χ0n) is 27.2. The number of aliphatic hydroxyl groups excluding tert-OH is 4. The highest BCUT2D eigenvalue weighted by atomic mass is 16.4. The van der Waals surface area contributed by atoms with Crippen LogP contribution in [0.5, 0.6) is 11.5 Å². The van der Waals surface area contributed by atoms with Gasteiger partial charge in [-0.25, -0.2) is 9.59 Å². The topological polar surface area (TPSA) is 202 Å². The maximum Gasteiger partial charge on any atom is 0.335 e. The zero-order valence-corrected chi connectivity index (χ0v) is 27.2. The second kappa shape index (κ2) is 18.8. The molecule has 2 heterocycles. The normalized spacial score (nSPS) is 20.4. The van der Waals surface area contributed by atoms with E-state index in [2.05, 4.69) is 37.5 Å². The van der Waals surface area contributed by atoms with Gasteiger partial charge in [0, 0.05) is 12.1 Å². The van der Waals surface area contributed by atoms with Crippen molar-refractivity contribution in [3.05, 3.63) is 59.7 Å². The Morgan fingerprint density at radius 1 is 0.587 bits per heavy atom. The minimum atomic E-state index is -2.27. The molecule has 2 aromatic rings. The predicted octanol–water partition coefficient (Wildman–Crippen LogP) is 2.97. The second-order valence-electron chi connectivity index (χ2n) is 12.6. The number of aliphatic hydroxyl groups is 4. The number of carboxylic acids is 2. The van der Waals surface area contributed by atoms with Crippen LogP contribution in [0.2, 0.25) is 0 Å². The van der Waals surface area contributed by atoms with Gasteiger partial charge in [-0.15, -0.1) is 0 Å². The summed E-state index contributed by atoms with van der Waals surface area (Å²) >= 11 is 0. The van der Waals surface area contributed by atoms with Crippen LogP contribution >= 0.6 is 0 Å². The first-order valence-electron chi connectivity index (χ1n) is 15.9. The van der Waals surface area contributed by atoms with Gasteiger partial charge in [0.2, 0.25) is 0 Å².